The molecule has 0 rings (SSSR count). The van der Waals surface area contributed by atoms with E-state index in [-0.39, 0.29) is 6.29 Å². The van der Waals surface area contributed by atoms with Crippen LogP contribution in [0.3, 0.4) is 0 Å². The fourth-order valence-corrected chi connectivity index (χ4v) is 1.67. The van der Waals surface area contributed by atoms with Crippen molar-refractivity contribution in [2.45, 2.75) is 46.1 Å². The quantitative estimate of drug-likeness (QED) is 0.554. The first kappa shape index (κ1) is 14.3. The summed E-state index contributed by atoms with van der Waals surface area (Å²) in [4.78, 5) is 0. The van der Waals surface area contributed by atoms with Crippen LogP contribution in [0.25, 0.3) is 0 Å². The molecule has 2 atom stereocenters. The van der Waals surface area contributed by atoms with Gasteiger partial charge in [-0.2, -0.15) is 0 Å². The lowest BCUT2D eigenvalue weighted by Gasteiger charge is -2.26. The molecule has 4 nitrogen and oxygen atoms in total. The molecule has 0 fully saturated rings. The standard InChI is InChI=1S/C9H21O4P/c1-7(12-9(3,4)10)11-8(2)13-14(5)6/h7-8,10H,1-6H3. The van der Waals surface area contributed by atoms with Gasteiger partial charge in [0.25, 0.3) is 0 Å². The van der Waals surface area contributed by atoms with Crippen LogP contribution in [0.5, 0.6) is 0 Å². The van der Waals surface area contributed by atoms with E-state index in [0.717, 1.165) is 0 Å². The zero-order valence-corrected chi connectivity index (χ0v) is 10.7. The zero-order valence-electron chi connectivity index (χ0n) is 9.77. The maximum Gasteiger partial charge on any atom is 0.162 e. The molecule has 1 N–H and O–H groups in total. The summed E-state index contributed by atoms with van der Waals surface area (Å²) in [6, 6.07) is 0. The van der Waals surface area contributed by atoms with Gasteiger partial charge in [0.05, 0.1) is 0 Å². The van der Waals surface area contributed by atoms with Crippen molar-refractivity contribution in [2.24, 2.45) is 0 Å². The van der Waals surface area contributed by atoms with Crippen molar-refractivity contribution in [3.05, 3.63) is 0 Å². The summed E-state index contributed by atoms with van der Waals surface area (Å²) in [6.07, 6.45) is -0.798. The van der Waals surface area contributed by atoms with Gasteiger partial charge in [0.1, 0.15) is 0 Å². The second-order valence-corrected chi connectivity index (χ2v) is 5.59. The van der Waals surface area contributed by atoms with Gasteiger partial charge in [0, 0.05) is 8.15 Å². The molecule has 0 aromatic rings. The van der Waals surface area contributed by atoms with Crippen molar-refractivity contribution >= 4 is 8.15 Å². The van der Waals surface area contributed by atoms with E-state index < -0.39 is 20.2 Å². The van der Waals surface area contributed by atoms with Crippen molar-refractivity contribution in [3.63, 3.8) is 0 Å². The van der Waals surface area contributed by atoms with E-state index in [1.165, 1.54) is 0 Å². The van der Waals surface area contributed by atoms with Gasteiger partial charge in [-0.3, -0.25) is 0 Å². The topological polar surface area (TPSA) is 47.9 Å². The highest BCUT2D eigenvalue weighted by molar-refractivity contribution is 7.50. The lowest BCUT2D eigenvalue weighted by Crippen LogP contribution is -2.32. The fraction of sp³-hybridized carbons (Fsp3) is 1.00. The van der Waals surface area contributed by atoms with Crippen LogP contribution in [-0.2, 0) is 14.0 Å². The Morgan fingerprint density at radius 1 is 1.14 bits per heavy atom. The smallest absolute Gasteiger partial charge is 0.162 e. The Labute approximate surface area is 87.4 Å². The third-order valence-corrected chi connectivity index (χ3v) is 1.92. The van der Waals surface area contributed by atoms with Gasteiger partial charge in [-0.25, -0.2) is 0 Å². The third kappa shape index (κ3) is 8.85. The summed E-state index contributed by atoms with van der Waals surface area (Å²) >= 11 is 0. The molecule has 0 saturated carbocycles. The van der Waals surface area contributed by atoms with E-state index in [1.807, 2.05) is 20.3 Å². The highest BCUT2D eigenvalue weighted by Crippen LogP contribution is 2.28. The van der Waals surface area contributed by atoms with Gasteiger partial charge in [0.2, 0.25) is 0 Å². The van der Waals surface area contributed by atoms with Crippen molar-refractivity contribution in [3.8, 4) is 0 Å². The van der Waals surface area contributed by atoms with Crippen LogP contribution in [-0.4, -0.2) is 36.8 Å². The molecule has 0 spiro atoms. The molecule has 0 saturated heterocycles. The van der Waals surface area contributed by atoms with Crippen LogP contribution in [0.4, 0.5) is 0 Å². The summed E-state index contributed by atoms with van der Waals surface area (Å²) in [5.74, 6) is -1.18. The average molecular weight is 224 g/mol. The highest BCUT2D eigenvalue weighted by atomic mass is 31.1. The lowest BCUT2D eigenvalue weighted by molar-refractivity contribution is -0.294. The molecule has 0 bridgehead atoms. The Kier molecular flexibility index (Phi) is 6.10. The Hall–Kier alpha value is 0.270. The van der Waals surface area contributed by atoms with Crippen molar-refractivity contribution in [2.75, 3.05) is 13.3 Å². The molecule has 14 heavy (non-hydrogen) atoms. The lowest BCUT2D eigenvalue weighted by atomic mass is 10.4. The maximum atomic E-state index is 9.34. The average Bonchev–Trinajstić information content (AvgIpc) is 1.77. The van der Waals surface area contributed by atoms with Crippen LogP contribution in [0.2, 0.25) is 0 Å². The van der Waals surface area contributed by atoms with Gasteiger partial charge >= 0.3 is 0 Å². The van der Waals surface area contributed by atoms with Crippen LogP contribution in [0.1, 0.15) is 27.7 Å². The minimum absolute atomic E-state index is 0.312. The zero-order chi connectivity index (χ0) is 11.4. The van der Waals surface area contributed by atoms with Crippen LogP contribution in [0, 0.1) is 0 Å². The normalized spacial score (nSPS) is 17.1. The van der Waals surface area contributed by atoms with E-state index >= 15 is 0 Å². The Morgan fingerprint density at radius 3 is 2.00 bits per heavy atom. The largest absolute Gasteiger partial charge is 0.366 e. The summed E-state index contributed by atoms with van der Waals surface area (Å²) in [5.41, 5.74) is 0. The van der Waals surface area contributed by atoms with Crippen LogP contribution >= 0.6 is 8.15 Å². The molecule has 5 heteroatoms. The van der Waals surface area contributed by atoms with Crippen molar-refractivity contribution < 1.29 is 19.1 Å². The van der Waals surface area contributed by atoms with Crippen molar-refractivity contribution in [1.29, 1.82) is 0 Å². The maximum absolute atomic E-state index is 9.34. The van der Waals surface area contributed by atoms with Gasteiger partial charge in [-0.1, -0.05) is 0 Å². The van der Waals surface area contributed by atoms with Crippen molar-refractivity contribution in [1.82, 2.24) is 0 Å². The van der Waals surface area contributed by atoms with Crippen LogP contribution in [0.15, 0.2) is 0 Å². The summed E-state index contributed by atoms with van der Waals surface area (Å²) < 4.78 is 15.9. The van der Waals surface area contributed by atoms with Crippen LogP contribution < -0.4 is 0 Å². The van der Waals surface area contributed by atoms with E-state index in [2.05, 4.69) is 0 Å². The number of aliphatic hydroxyl groups is 1. The second kappa shape index (κ2) is 5.99. The first-order valence-electron chi connectivity index (χ1n) is 4.60. The fourth-order valence-electron chi connectivity index (χ4n) is 1.03. The molecule has 0 aliphatic carbocycles. The minimum Gasteiger partial charge on any atom is -0.366 e. The molecule has 0 radical (unpaired) electrons. The third-order valence-electron chi connectivity index (χ3n) is 1.20. The molecule has 0 heterocycles. The van der Waals surface area contributed by atoms with Gasteiger partial charge in [0.15, 0.2) is 18.4 Å². The Balaban J connectivity index is 3.76. The minimum atomic E-state index is -1.18. The monoisotopic (exact) mass is 224 g/mol. The number of hydrogen-bond donors (Lipinski definition) is 1. The molecule has 0 aliphatic heterocycles. The SMILES string of the molecule is CC(OC(C)OC(C)(C)O)OP(C)C. The Morgan fingerprint density at radius 2 is 1.64 bits per heavy atom. The molecule has 0 aliphatic rings. The predicted octanol–water partition coefficient (Wildman–Crippen LogP) is 2.11. The summed E-state index contributed by atoms with van der Waals surface area (Å²) in [5, 5.41) is 9.34. The van der Waals surface area contributed by atoms with Gasteiger partial charge < -0.3 is 19.1 Å². The predicted molar refractivity (Wildman–Crippen MR) is 57.2 cm³/mol. The van der Waals surface area contributed by atoms with E-state index in [9.17, 15) is 5.11 Å². The molecular formula is C9H21O4P. The first-order valence-corrected chi connectivity index (χ1v) is 6.76. The molecule has 0 aromatic carbocycles. The Bertz CT molecular complexity index is 155. The number of hydrogen-bond acceptors (Lipinski definition) is 4. The first-order chi connectivity index (χ1) is 6.20. The van der Waals surface area contributed by atoms with E-state index in [0.29, 0.717) is 0 Å². The van der Waals surface area contributed by atoms with Gasteiger partial charge in [-0.05, 0) is 41.0 Å². The number of ether oxygens (including phenoxy) is 2. The van der Waals surface area contributed by atoms with E-state index in [1.54, 1.807) is 20.8 Å². The van der Waals surface area contributed by atoms with Gasteiger partial charge in [-0.15, -0.1) is 0 Å². The second-order valence-electron chi connectivity index (χ2n) is 3.75. The molecule has 0 aromatic heterocycles. The van der Waals surface area contributed by atoms with E-state index in [4.69, 9.17) is 14.0 Å². The molecular weight excluding hydrogens is 203 g/mol. The molecule has 86 valence electrons. The summed E-state index contributed by atoms with van der Waals surface area (Å²) in [7, 11) is -0.447. The molecule has 2 unspecified atom stereocenters. The molecule has 0 amide bonds. The number of rotatable bonds is 6. The summed E-state index contributed by atoms with van der Waals surface area (Å²) in [6.45, 7) is 10.7. The highest BCUT2D eigenvalue weighted by Gasteiger charge is 2.19.